The van der Waals surface area contributed by atoms with Crippen molar-refractivity contribution in [2.45, 2.75) is 20.4 Å². The number of aliphatic hydroxyl groups excluding tert-OH is 1. The summed E-state index contributed by atoms with van der Waals surface area (Å²) in [6.07, 6.45) is 0. The summed E-state index contributed by atoms with van der Waals surface area (Å²) in [5, 5.41) is 8.73. The Morgan fingerprint density at radius 3 is 2.81 bits per heavy atom. The van der Waals surface area contributed by atoms with Gasteiger partial charge < -0.3 is 14.4 Å². The van der Waals surface area contributed by atoms with Gasteiger partial charge >= 0.3 is 0 Å². The third kappa shape index (κ3) is 3.75. The van der Waals surface area contributed by atoms with Crippen LogP contribution in [0.15, 0.2) is 22.6 Å². The largest absolute Gasteiger partial charge is 0.464 e. The third-order valence-corrected chi connectivity index (χ3v) is 4.09. The van der Waals surface area contributed by atoms with Gasteiger partial charge in [0.25, 0.3) is 5.91 Å². The van der Waals surface area contributed by atoms with E-state index >= 15 is 0 Å². The van der Waals surface area contributed by atoms with Crippen LogP contribution in [0.4, 0.5) is 0 Å². The molecule has 2 rings (SSSR count). The average molecular weight is 303 g/mol. The Morgan fingerprint density at radius 1 is 1.43 bits per heavy atom. The number of thiophene rings is 1. The van der Waals surface area contributed by atoms with E-state index in [1.54, 1.807) is 11.9 Å². The van der Waals surface area contributed by atoms with Crippen molar-refractivity contribution in [3.63, 3.8) is 0 Å². The molecule has 110 valence electrons. The van der Waals surface area contributed by atoms with Crippen LogP contribution in [0.25, 0.3) is 0 Å². The van der Waals surface area contributed by atoms with E-state index in [1.807, 2.05) is 32.0 Å². The van der Waals surface area contributed by atoms with E-state index in [2.05, 4.69) is 11.8 Å². The van der Waals surface area contributed by atoms with E-state index in [4.69, 9.17) is 9.52 Å². The van der Waals surface area contributed by atoms with Crippen molar-refractivity contribution in [1.82, 2.24) is 4.90 Å². The zero-order valence-corrected chi connectivity index (χ0v) is 13.1. The first-order valence-corrected chi connectivity index (χ1v) is 7.34. The lowest BCUT2D eigenvalue weighted by molar-refractivity contribution is 0.0779. The van der Waals surface area contributed by atoms with Crippen LogP contribution in [0, 0.1) is 25.7 Å². The highest BCUT2D eigenvalue weighted by Gasteiger charge is 2.17. The van der Waals surface area contributed by atoms with Gasteiger partial charge in [-0.25, -0.2) is 0 Å². The lowest BCUT2D eigenvalue weighted by Gasteiger charge is -2.14. The van der Waals surface area contributed by atoms with Crippen LogP contribution < -0.4 is 0 Å². The number of amides is 1. The Morgan fingerprint density at radius 2 is 2.19 bits per heavy atom. The van der Waals surface area contributed by atoms with E-state index in [9.17, 15) is 4.79 Å². The van der Waals surface area contributed by atoms with Crippen molar-refractivity contribution in [3.8, 4) is 11.8 Å². The highest BCUT2D eigenvalue weighted by Crippen LogP contribution is 2.23. The molecule has 5 heteroatoms. The second kappa shape index (κ2) is 6.61. The molecule has 0 aliphatic heterocycles. The quantitative estimate of drug-likeness (QED) is 0.887. The molecule has 0 saturated carbocycles. The van der Waals surface area contributed by atoms with Crippen LogP contribution in [0.5, 0.6) is 0 Å². The zero-order chi connectivity index (χ0) is 15.4. The highest BCUT2D eigenvalue weighted by atomic mass is 32.1. The lowest BCUT2D eigenvalue weighted by atomic mass is 10.2. The Kier molecular flexibility index (Phi) is 4.84. The number of nitrogens with zero attached hydrogens (tertiary/aromatic N) is 1. The zero-order valence-electron chi connectivity index (χ0n) is 12.3. The maximum absolute atomic E-state index is 12.4. The average Bonchev–Trinajstić information content (AvgIpc) is 3.02. The number of furan rings is 1. The van der Waals surface area contributed by atoms with Gasteiger partial charge in [0.2, 0.25) is 0 Å². The van der Waals surface area contributed by atoms with Crippen molar-refractivity contribution in [3.05, 3.63) is 45.0 Å². The molecule has 0 unspecified atom stereocenters. The Hall–Kier alpha value is -2.03. The Bertz CT molecular complexity index is 703. The van der Waals surface area contributed by atoms with E-state index < -0.39 is 0 Å². The maximum atomic E-state index is 12.4. The van der Waals surface area contributed by atoms with E-state index in [0.29, 0.717) is 11.4 Å². The number of aliphatic hydroxyl groups is 1. The monoisotopic (exact) mass is 303 g/mol. The van der Waals surface area contributed by atoms with Gasteiger partial charge in [-0.2, -0.15) is 0 Å². The van der Waals surface area contributed by atoms with Crippen molar-refractivity contribution >= 4 is 17.2 Å². The van der Waals surface area contributed by atoms with E-state index in [1.165, 1.54) is 11.3 Å². The molecule has 1 amide bonds. The van der Waals surface area contributed by atoms with Gasteiger partial charge in [-0.15, -0.1) is 11.3 Å². The summed E-state index contributed by atoms with van der Waals surface area (Å²) in [5.41, 5.74) is 0.951. The van der Waals surface area contributed by atoms with Crippen LogP contribution in [0.2, 0.25) is 0 Å². The van der Waals surface area contributed by atoms with Gasteiger partial charge in [0.1, 0.15) is 18.1 Å². The lowest BCUT2D eigenvalue weighted by Crippen LogP contribution is -2.25. The second-order valence-electron chi connectivity index (χ2n) is 4.76. The fourth-order valence-corrected chi connectivity index (χ4v) is 2.94. The fourth-order valence-electron chi connectivity index (χ4n) is 1.90. The molecule has 2 aromatic heterocycles. The molecule has 0 fully saturated rings. The van der Waals surface area contributed by atoms with Gasteiger partial charge in [-0.05, 0) is 37.6 Å². The molecule has 0 aliphatic rings. The van der Waals surface area contributed by atoms with E-state index in [0.717, 1.165) is 22.0 Å². The van der Waals surface area contributed by atoms with Crippen LogP contribution in [-0.2, 0) is 6.54 Å². The second-order valence-corrected chi connectivity index (χ2v) is 5.81. The third-order valence-electron chi connectivity index (χ3n) is 2.95. The fraction of sp³-hybridized carbons (Fsp3) is 0.312. The van der Waals surface area contributed by atoms with Crippen molar-refractivity contribution in [2.75, 3.05) is 13.7 Å². The number of carbonyl (C=O) groups excluding carboxylic acids is 1. The summed E-state index contributed by atoms with van der Waals surface area (Å²) in [7, 11) is 1.74. The molecule has 2 heterocycles. The minimum atomic E-state index is -0.182. The molecule has 1 N–H and O–H groups in total. The summed E-state index contributed by atoms with van der Waals surface area (Å²) in [6, 6.07) is 5.58. The first kappa shape index (κ1) is 15.4. The standard InChI is InChI=1S/C16H17NO3S/c1-11-9-15(21-14(11)5-4-8-18)16(19)17(3)10-13-7-6-12(2)20-13/h6-7,9,18H,8,10H2,1-3H3. The Labute approximate surface area is 128 Å². The van der Waals surface area contributed by atoms with Crippen LogP contribution >= 0.6 is 11.3 Å². The summed E-state index contributed by atoms with van der Waals surface area (Å²) in [4.78, 5) is 15.5. The molecule has 0 spiro atoms. The first-order chi connectivity index (χ1) is 10.0. The number of rotatable bonds is 3. The molecule has 0 atom stereocenters. The molecule has 2 aromatic rings. The minimum Gasteiger partial charge on any atom is -0.464 e. The van der Waals surface area contributed by atoms with E-state index in [-0.39, 0.29) is 12.5 Å². The summed E-state index contributed by atoms with van der Waals surface area (Å²) >= 11 is 1.35. The molecule has 21 heavy (non-hydrogen) atoms. The summed E-state index contributed by atoms with van der Waals surface area (Å²) in [6.45, 7) is 4.03. The molecule has 0 radical (unpaired) electrons. The van der Waals surface area contributed by atoms with Gasteiger partial charge in [-0.3, -0.25) is 4.79 Å². The SMILES string of the molecule is Cc1ccc(CN(C)C(=O)c2cc(C)c(C#CCO)s2)o1. The molecule has 0 aromatic carbocycles. The van der Waals surface area contributed by atoms with Crippen LogP contribution in [-0.4, -0.2) is 29.6 Å². The van der Waals surface area contributed by atoms with Gasteiger partial charge in [-0.1, -0.05) is 11.8 Å². The number of carbonyl (C=O) groups is 1. The van der Waals surface area contributed by atoms with Crippen molar-refractivity contribution in [1.29, 1.82) is 0 Å². The predicted molar refractivity (Wildman–Crippen MR) is 82.3 cm³/mol. The number of hydrogen-bond donors (Lipinski definition) is 1. The molecular formula is C16H17NO3S. The molecule has 0 bridgehead atoms. The molecular weight excluding hydrogens is 286 g/mol. The summed E-state index contributed by atoms with van der Waals surface area (Å²) in [5.74, 6) is 7.00. The van der Waals surface area contributed by atoms with Crippen LogP contribution in [0.3, 0.4) is 0 Å². The molecule has 4 nitrogen and oxygen atoms in total. The minimum absolute atomic E-state index is 0.0609. The highest BCUT2D eigenvalue weighted by molar-refractivity contribution is 7.14. The normalized spacial score (nSPS) is 10.1. The summed E-state index contributed by atoms with van der Waals surface area (Å²) < 4.78 is 5.48. The number of hydrogen-bond acceptors (Lipinski definition) is 4. The van der Waals surface area contributed by atoms with Gasteiger partial charge in [0.15, 0.2) is 0 Å². The van der Waals surface area contributed by atoms with Crippen molar-refractivity contribution in [2.24, 2.45) is 0 Å². The Balaban J connectivity index is 2.12. The smallest absolute Gasteiger partial charge is 0.264 e. The van der Waals surface area contributed by atoms with Crippen molar-refractivity contribution < 1.29 is 14.3 Å². The van der Waals surface area contributed by atoms with Gasteiger partial charge in [0, 0.05) is 7.05 Å². The van der Waals surface area contributed by atoms with Crippen LogP contribution in [0.1, 0.15) is 31.6 Å². The van der Waals surface area contributed by atoms with Gasteiger partial charge in [0.05, 0.1) is 16.3 Å². The molecule has 0 aliphatic carbocycles. The topological polar surface area (TPSA) is 53.7 Å². The first-order valence-electron chi connectivity index (χ1n) is 6.52. The number of aryl methyl sites for hydroxylation is 2. The maximum Gasteiger partial charge on any atom is 0.264 e. The molecule has 0 saturated heterocycles. The predicted octanol–water partition coefficient (Wildman–Crippen LogP) is 2.57.